The van der Waals surface area contributed by atoms with E-state index in [0.29, 0.717) is 22.7 Å². The summed E-state index contributed by atoms with van der Waals surface area (Å²) < 4.78 is 32.8. The highest BCUT2D eigenvalue weighted by molar-refractivity contribution is 7.98. The molecule has 0 atom stereocenters. The van der Waals surface area contributed by atoms with E-state index in [4.69, 9.17) is 4.74 Å². The van der Waals surface area contributed by atoms with Gasteiger partial charge < -0.3 is 10.1 Å². The van der Waals surface area contributed by atoms with Gasteiger partial charge in [0.05, 0.1) is 17.7 Å². The van der Waals surface area contributed by atoms with Crippen LogP contribution in [0.1, 0.15) is 10.4 Å². The Balaban J connectivity index is 1.79. The molecule has 0 bridgehead atoms. The van der Waals surface area contributed by atoms with Crippen LogP contribution in [0.2, 0.25) is 0 Å². The van der Waals surface area contributed by atoms with E-state index in [2.05, 4.69) is 10.0 Å². The highest BCUT2D eigenvalue weighted by Gasteiger charge is 2.16. The van der Waals surface area contributed by atoms with Gasteiger partial charge in [0.1, 0.15) is 5.75 Å². The fourth-order valence-corrected chi connectivity index (χ4v) is 4.24. The van der Waals surface area contributed by atoms with E-state index in [1.54, 1.807) is 30.3 Å². The third-order valence-corrected chi connectivity index (χ3v) is 6.29. The molecule has 0 aliphatic carbocycles. The third kappa shape index (κ3) is 5.10. The van der Waals surface area contributed by atoms with Crippen molar-refractivity contribution >= 4 is 39.1 Å². The summed E-state index contributed by atoms with van der Waals surface area (Å²) in [6, 6.07) is 19.9. The number of rotatable bonds is 7. The molecule has 2 N–H and O–H groups in total. The molecule has 150 valence electrons. The molecule has 0 spiro atoms. The SMILES string of the molecule is COc1ccc(S(=O)(=O)Nc2cccc(C(=O)Nc3ccccc3SC)c2)cc1. The fraction of sp³-hybridized carbons (Fsp3) is 0.0952. The Labute approximate surface area is 174 Å². The first-order chi connectivity index (χ1) is 13.9. The molecule has 3 aromatic carbocycles. The van der Waals surface area contributed by atoms with Gasteiger partial charge in [-0.25, -0.2) is 8.42 Å². The summed E-state index contributed by atoms with van der Waals surface area (Å²) in [5.74, 6) is 0.241. The molecule has 0 saturated heterocycles. The first kappa shape index (κ1) is 20.8. The van der Waals surface area contributed by atoms with Gasteiger partial charge in [-0.3, -0.25) is 9.52 Å². The lowest BCUT2D eigenvalue weighted by atomic mass is 10.2. The van der Waals surface area contributed by atoms with Crippen LogP contribution in [0.4, 0.5) is 11.4 Å². The van der Waals surface area contributed by atoms with Crippen LogP contribution < -0.4 is 14.8 Å². The second-order valence-corrected chi connectivity index (χ2v) is 8.55. The van der Waals surface area contributed by atoms with Gasteiger partial charge >= 0.3 is 0 Å². The minimum atomic E-state index is -3.79. The van der Waals surface area contributed by atoms with Crippen molar-refractivity contribution in [1.29, 1.82) is 0 Å². The van der Waals surface area contributed by atoms with Crippen LogP contribution in [0.5, 0.6) is 5.75 Å². The average Bonchev–Trinajstić information content (AvgIpc) is 2.74. The average molecular weight is 429 g/mol. The number of hydrogen-bond donors (Lipinski definition) is 2. The maximum atomic E-state index is 12.6. The number of nitrogens with one attached hydrogen (secondary N) is 2. The lowest BCUT2D eigenvalue weighted by Gasteiger charge is -2.11. The summed E-state index contributed by atoms with van der Waals surface area (Å²) in [6.07, 6.45) is 1.93. The van der Waals surface area contributed by atoms with Crippen LogP contribution in [0.15, 0.2) is 82.6 Å². The molecule has 0 saturated carbocycles. The van der Waals surface area contributed by atoms with Crippen LogP contribution in [0, 0.1) is 0 Å². The number of amides is 1. The van der Waals surface area contributed by atoms with Crippen molar-refractivity contribution in [2.24, 2.45) is 0 Å². The molecule has 0 heterocycles. The minimum absolute atomic E-state index is 0.0991. The number of methoxy groups -OCH3 is 1. The molecular formula is C21H20N2O4S2. The van der Waals surface area contributed by atoms with E-state index in [0.717, 1.165) is 4.90 Å². The summed E-state index contributed by atoms with van der Waals surface area (Å²) in [5, 5.41) is 2.86. The molecule has 0 aromatic heterocycles. The molecule has 3 rings (SSSR count). The molecule has 0 aliphatic rings. The molecule has 29 heavy (non-hydrogen) atoms. The largest absolute Gasteiger partial charge is 0.497 e. The van der Waals surface area contributed by atoms with Crippen molar-refractivity contribution in [2.75, 3.05) is 23.4 Å². The molecule has 0 fully saturated rings. The highest BCUT2D eigenvalue weighted by atomic mass is 32.2. The van der Waals surface area contributed by atoms with Crippen LogP contribution in [0.25, 0.3) is 0 Å². The normalized spacial score (nSPS) is 11.0. The quantitative estimate of drug-likeness (QED) is 0.543. The van der Waals surface area contributed by atoms with Crippen molar-refractivity contribution < 1.29 is 17.9 Å². The Morgan fingerprint density at radius 1 is 0.966 bits per heavy atom. The first-order valence-corrected chi connectivity index (χ1v) is 11.3. The zero-order valence-corrected chi connectivity index (χ0v) is 17.5. The van der Waals surface area contributed by atoms with E-state index in [-0.39, 0.29) is 10.8 Å². The fourth-order valence-electron chi connectivity index (χ4n) is 2.64. The Hall–Kier alpha value is -2.97. The minimum Gasteiger partial charge on any atom is -0.497 e. The predicted octanol–water partition coefficient (Wildman–Crippen LogP) is 4.47. The smallest absolute Gasteiger partial charge is 0.261 e. The number of para-hydroxylation sites is 1. The summed E-state index contributed by atoms with van der Waals surface area (Å²) in [4.78, 5) is 13.7. The van der Waals surface area contributed by atoms with Crippen molar-refractivity contribution in [3.8, 4) is 5.75 Å². The topological polar surface area (TPSA) is 84.5 Å². The lowest BCUT2D eigenvalue weighted by Crippen LogP contribution is -2.15. The van der Waals surface area contributed by atoms with Crippen LogP contribution >= 0.6 is 11.8 Å². The molecule has 3 aromatic rings. The van der Waals surface area contributed by atoms with E-state index in [1.807, 2.05) is 30.5 Å². The summed E-state index contributed by atoms with van der Waals surface area (Å²) in [5.41, 5.74) is 1.34. The van der Waals surface area contributed by atoms with Crippen LogP contribution in [-0.4, -0.2) is 27.7 Å². The van der Waals surface area contributed by atoms with Crippen molar-refractivity contribution in [3.63, 3.8) is 0 Å². The number of thioether (sulfide) groups is 1. The van der Waals surface area contributed by atoms with Gasteiger partial charge in [-0.05, 0) is 60.9 Å². The van der Waals surface area contributed by atoms with E-state index < -0.39 is 10.0 Å². The number of anilines is 2. The van der Waals surface area contributed by atoms with Gasteiger partial charge in [0, 0.05) is 16.1 Å². The Morgan fingerprint density at radius 3 is 2.38 bits per heavy atom. The van der Waals surface area contributed by atoms with Crippen molar-refractivity contribution in [2.45, 2.75) is 9.79 Å². The van der Waals surface area contributed by atoms with Gasteiger partial charge in [0.25, 0.3) is 15.9 Å². The third-order valence-electron chi connectivity index (χ3n) is 4.10. The number of carbonyl (C=O) groups excluding carboxylic acids is 1. The molecule has 0 unspecified atom stereocenters. The van der Waals surface area contributed by atoms with Gasteiger partial charge in [0.15, 0.2) is 0 Å². The molecule has 6 nitrogen and oxygen atoms in total. The number of benzene rings is 3. The number of ether oxygens (including phenoxy) is 1. The Kier molecular flexibility index (Phi) is 6.46. The maximum absolute atomic E-state index is 12.6. The van der Waals surface area contributed by atoms with Crippen molar-refractivity contribution in [3.05, 3.63) is 78.4 Å². The number of carbonyl (C=O) groups is 1. The first-order valence-electron chi connectivity index (χ1n) is 8.64. The van der Waals surface area contributed by atoms with E-state index in [9.17, 15) is 13.2 Å². The Morgan fingerprint density at radius 2 is 1.69 bits per heavy atom. The van der Waals surface area contributed by atoms with E-state index in [1.165, 1.54) is 37.1 Å². The molecule has 1 amide bonds. The maximum Gasteiger partial charge on any atom is 0.261 e. The van der Waals surface area contributed by atoms with Gasteiger partial charge in [-0.15, -0.1) is 11.8 Å². The van der Waals surface area contributed by atoms with Gasteiger partial charge in [-0.2, -0.15) is 0 Å². The van der Waals surface area contributed by atoms with Gasteiger partial charge in [-0.1, -0.05) is 18.2 Å². The molecular weight excluding hydrogens is 408 g/mol. The number of hydrogen-bond acceptors (Lipinski definition) is 5. The lowest BCUT2D eigenvalue weighted by molar-refractivity contribution is 0.102. The zero-order chi connectivity index (χ0) is 20.9. The second kappa shape index (κ2) is 9.02. The van der Waals surface area contributed by atoms with Crippen molar-refractivity contribution in [1.82, 2.24) is 0 Å². The second-order valence-electron chi connectivity index (χ2n) is 6.02. The summed E-state index contributed by atoms with van der Waals surface area (Å²) in [7, 11) is -2.28. The summed E-state index contributed by atoms with van der Waals surface area (Å²) >= 11 is 1.53. The molecule has 0 aliphatic heterocycles. The monoisotopic (exact) mass is 428 g/mol. The highest BCUT2D eigenvalue weighted by Crippen LogP contribution is 2.25. The summed E-state index contributed by atoms with van der Waals surface area (Å²) in [6.45, 7) is 0. The van der Waals surface area contributed by atoms with Crippen LogP contribution in [-0.2, 0) is 10.0 Å². The van der Waals surface area contributed by atoms with E-state index >= 15 is 0 Å². The Bertz CT molecular complexity index is 1110. The standard InChI is InChI=1S/C21H20N2O4S2/c1-27-17-10-12-18(13-11-17)29(25,26)23-16-7-5-6-15(14-16)21(24)22-19-8-3-4-9-20(19)28-2/h3-14,23H,1-2H3,(H,22,24). The van der Waals surface area contributed by atoms with Crippen LogP contribution in [0.3, 0.4) is 0 Å². The van der Waals surface area contributed by atoms with Gasteiger partial charge in [0.2, 0.25) is 0 Å². The molecule has 8 heteroatoms. The number of sulfonamides is 1. The zero-order valence-electron chi connectivity index (χ0n) is 15.9. The predicted molar refractivity (Wildman–Crippen MR) is 116 cm³/mol. The molecule has 0 radical (unpaired) electrons.